The molecule has 1 amide bonds. The smallest absolute Gasteiger partial charge is 0.219 e. The lowest BCUT2D eigenvalue weighted by atomic mass is 10.2. The van der Waals surface area contributed by atoms with E-state index in [2.05, 4.69) is 15.0 Å². The monoisotopic (exact) mass is 488 g/mol. The number of amides is 1. The van der Waals surface area contributed by atoms with E-state index in [-0.39, 0.29) is 34.5 Å². The minimum atomic E-state index is -3.34. The first-order chi connectivity index (χ1) is 15.6. The Labute approximate surface area is 195 Å². The average Bonchev–Trinajstić information content (AvgIpc) is 3.34. The zero-order valence-corrected chi connectivity index (χ0v) is 20.0. The van der Waals surface area contributed by atoms with E-state index in [1.165, 1.54) is 30.1 Å². The number of thioether (sulfide) groups is 1. The van der Waals surface area contributed by atoms with Crippen LogP contribution in [0.4, 0.5) is 0 Å². The van der Waals surface area contributed by atoms with Gasteiger partial charge in [-0.05, 0) is 32.0 Å². The Morgan fingerprint density at radius 3 is 2.73 bits per heavy atom. The highest BCUT2D eigenvalue weighted by Gasteiger charge is 2.24. The van der Waals surface area contributed by atoms with Crippen LogP contribution in [0, 0.1) is 0 Å². The Morgan fingerprint density at radius 1 is 1.30 bits per heavy atom. The van der Waals surface area contributed by atoms with Gasteiger partial charge in [0.25, 0.3) is 0 Å². The van der Waals surface area contributed by atoms with Crippen LogP contribution < -0.4 is 15.2 Å². The van der Waals surface area contributed by atoms with Gasteiger partial charge < -0.3 is 20.2 Å². The number of aromatic nitrogens is 2. The summed E-state index contributed by atoms with van der Waals surface area (Å²) in [6.45, 7) is 4.40. The van der Waals surface area contributed by atoms with Crippen LogP contribution in [-0.2, 0) is 14.6 Å². The van der Waals surface area contributed by atoms with Gasteiger partial charge >= 0.3 is 0 Å². The molecule has 0 spiro atoms. The van der Waals surface area contributed by atoms with E-state index in [0.29, 0.717) is 18.0 Å². The van der Waals surface area contributed by atoms with Crippen LogP contribution in [0.5, 0.6) is 17.4 Å². The Bertz CT molecular complexity index is 1330. The molecule has 1 aliphatic rings. The number of hydrogen-bond acceptors (Lipinski definition) is 8. The zero-order chi connectivity index (χ0) is 23.8. The molecule has 0 saturated heterocycles. The molecule has 174 valence electrons. The van der Waals surface area contributed by atoms with E-state index in [1.807, 2.05) is 26.0 Å². The quantitative estimate of drug-likeness (QED) is 0.496. The molecule has 0 radical (unpaired) electrons. The molecule has 4 rings (SSSR count). The van der Waals surface area contributed by atoms with E-state index in [1.54, 1.807) is 6.07 Å². The third-order valence-corrected chi connectivity index (χ3v) is 7.08. The highest BCUT2D eigenvalue weighted by molar-refractivity contribution is 8.15. The second-order valence-corrected chi connectivity index (χ2v) is 11.3. The molecule has 0 saturated carbocycles. The molecule has 1 atom stereocenters. The molecule has 1 unspecified atom stereocenters. The second kappa shape index (κ2) is 9.06. The largest absolute Gasteiger partial charge is 0.489 e. The standard InChI is InChI=1S/C22H24N4O5S2/c1-12(2)30-18-8-14(31-20-5-4-16(11-24-20)33(3,28)29)6-13-7-17(26-21(13)18)22-25-10-15(32-22)9-19(23)27/h4-8,11-12,15,26H,9-10H2,1-3H3,(H2,23,27). The first-order valence-electron chi connectivity index (χ1n) is 10.3. The number of carbonyl (C=O) groups is 1. The van der Waals surface area contributed by atoms with Gasteiger partial charge in [0.2, 0.25) is 11.8 Å². The molecule has 3 N–H and O–H groups in total. The van der Waals surface area contributed by atoms with Crippen molar-refractivity contribution >= 4 is 43.5 Å². The number of benzene rings is 1. The number of rotatable bonds is 8. The number of aliphatic imine (C=N–C) groups is 1. The number of nitrogens with zero attached hydrogens (tertiary/aromatic N) is 2. The van der Waals surface area contributed by atoms with Crippen molar-refractivity contribution in [2.75, 3.05) is 12.8 Å². The SMILES string of the molecule is CC(C)Oc1cc(Oc2ccc(S(C)(=O)=O)cn2)cc2cc(C3=NCC(CC(N)=O)S3)[nH]c12. The summed E-state index contributed by atoms with van der Waals surface area (Å²) in [5, 5.41) is 1.70. The van der Waals surface area contributed by atoms with Gasteiger partial charge in [0.1, 0.15) is 16.5 Å². The van der Waals surface area contributed by atoms with Crippen molar-refractivity contribution in [3.05, 3.63) is 42.2 Å². The van der Waals surface area contributed by atoms with Crippen molar-refractivity contribution in [3.8, 4) is 17.4 Å². The molecule has 2 aromatic heterocycles. The Balaban J connectivity index is 1.64. The molecule has 11 heteroatoms. The van der Waals surface area contributed by atoms with Crippen LogP contribution in [-0.4, -0.2) is 53.5 Å². The molecule has 9 nitrogen and oxygen atoms in total. The Hall–Kier alpha value is -3.05. The van der Waals surface area contributed by atoms with Gasteiger partial charge in [0.15, 0.2) is 9.84 Å². The summed E-state index contributed by atoms with van der Waals surface area (Å²) in [5.74, 6) is 1.02. The average molecular weight is 489 g/mol. The van der Waals surface area contributed by atoms with Crippen molar-refractivity contribution in [1.82, 2.24) is 9.97 Å². The summed E-state index contributed by atoms with van der Waals surface area (Å²) >= 11 is 1.52. The summed E-state index contributed by atoms with van der Waals surface area (Å²) in [5.41, 5.74) is 6.94. The van der Waals surface area contributed by atoms with Gasteiger partial charge in [0, 0.05) is 41.6 Å². The van der Waals surface area contributed by atoms with Crippen LogP contribution in [0.15, 0.2) is 46.4 Å². The first-order valence-corrected chi connectivity index (χ1v) is 13.0. The van der Waals surface area contributed by atoms with E-state index < -0.39 is 9.84 Å². The number of hydrogen-bond donors (Lipinski definition) is 2. The predicted octanol–water partition coefficient (Wildman–Crippen LogP) is 3.28. The maximum Gasteiger partial charge on any atom is 0.219 e. The minimum absolute atomic E-state index is 0.0372. The number of pyridine rings is 1. The molecule has 1 aromatic carbocycles. The highest BCUT2D eigenvalue weighted by atomic mass is 32.2. The molecule has 0 aliphatic carbocycles. The van der Waals surface area contributed by atoms with Crippen molar-refractivity contribution in [3.63, 3.8) is 0 Å². The number of ether oxygens (including phenoxy) is 2. The second-order valence-electron chi connectivity index (χ2n) is 8.00. The van der Waals surface area contributed by atoms with Crippen molar-refractivity contribution < 1.29 is 22.7 Å². The lowest BCUT2D eigenvalue weighted by Crippen LogP contribution is -2.18. The normalized spacial score (nSPS) is 16.2. The summed E-state index contributed by atoms with van der Waals surface area (Å²) in [7, 11) is -3.34. The summed E-state index contributed by atoms with van der Waals surface area (Å²) in [4.78, 5) is 23.4. The fourth-order valence-corrected chi connectivity index (χ4v) is 5.03. The highest BCUT2D eigenvalue weighted by Crippen LogP contribution is 2.36. The third-order valence-electron chi connectivity index (χ3n) is 4.76. The number of fused-ring (bicyclic) bond motifs is 1. The molecular weight excluding hydrogens is 464 g/mol. The Kier molecular flexibility index (Phi) is 6.35. The molecule has 3 heterocycles. The number of sulfone groups is 1. The van der Waals surface area contributed by atoms with Crippen LogP contribution in [0.3, 0.4) is 0 Å². The van der Waals surface area contributed by atoms with Crippen molar-refractivity contribution in [2.45, 2.75) is 36.5 Å². The fraction of sp³-hybridized carbons (Fsp3) is 0.318. The number of nitrogens with two attached hydrogens (primary N) is 1. The predicted molar refractivity (Wildman–Crippen MR) is 128 cm³/mol. The fourth-order valence-electron chi connectivity index (χ4n) is 3.37. The van der Waals surface area contributed by atoms with Crippen molar-refractivity contribution in [1.29, 1.82) is 0 Å². The van der Waals surface area contributed by atoms with Gasteiger partial charge in [-0.3, -0.25) is 9.79 Å². The molecule has 3 aromatic rings. The summed E-state index contributed by atoms with van der Waals surface area (Å²) < 4.78 is 35.2. The third kappa shape index (κ3) is 5.48. The van der Waals surface area contributed by atoms with Gasteiger partial charge in [-0.2, -0.15) is 0 Å². The van der Waals surface area contributed by atoms with Crippen LogP contribution >= 0.6 is 11.8 Å². The van der Waals surface area contributed by atoms with Crippen LogP contribution in [0.25, 0.3) is 10.9 Å². The lowest BCUT2D eigenvalue weighted by Gasteiger charge is -2.13. The minimum Gasteiger partial charge on any atom is -0.489 e. The lowest BCUT2D eigenvalue weighted by molar-refractivity contribution is -0.117. The molecular formula is C22H24N4O5S2. The number of nitrogens with one attached hydrogen (secondary N) is 1. The maximum atomic E-state index is 11.6. The van der Waals surface area contributed by atoms with Crippen LogP contribution in [0.2, 0.25) is 0 Å². The van der Waals surface area contributed by atoms with Gasteiger partial charge in [-0.1, -0.05) is 11.8 Å². The topological polar surface area (TPSA) is 137 Å². The van der Waals surface area contributed by atoms with E-state index in [9.17, 15) is 13.2 Å². The zero-order valence-electron chi connectivity index (χ0n) is 18.4. The van der Waals surface area contributed by atoms with Crippen molar-refractivity contribution in [2.24, 2.45) is 10.7 Å². The number of carbonyl (C=O) groups excluding carboxylic acids is 1. The molecule has 1 aliphatic heterocycles. The number of H-pyrrole nitrogens is 1. The maximum absolute atomic E-state index is 11.6. The van der Waals surface area contributed by atoms with E-state index in [0.717, 1.165) is 27.9 Å². The molecule has 0 bridgehead atoms. The Morgan fingerprint density at radius 2 is 2.09 bits per heavy atom. The summed E-state index contributed by atoms with van der Waals surface area (Å²) in [6, 6.07) is 8.51. The number of primary amides is 1. The first kappa shape index (κ1) is 23.1. The van der Waals surface area contributed by atoms with Gasteiger partial charge in [0.05, 0.1) is 28.8 Å². The van der Waals surface area contributed by atoms with Gasteiger partial charge in [-0.15, -0.1) is 0 Å². The molecule has 0 fully saturated rings. The van der Waals surface area contributed by atoms with E-state index >= 15 is 0 Å². The van der Waals surface area contributed by atoms with Crippen LogP contribution in [0.1, 0.15) is 26.0 Å². The number of aromatic amines is 1. The van der Waals surface area contributed by atoms with E-state index in [4.69, 9.17) is 15.2 Å². The molecule has 33 heavy (non-hydrogen) atoms. The van der Waals surface area contributed by atoms with Gasteiger partial charge in [-0.25, -0.2) is 13.4 Å². The summed E-state index contributed by atoms with van der Waals surface area (Å²) in [6.07, 6.45) is 2.60.